The molecular weight excluding hydrogens is 368 g/mol. The van der Waals surface area contributed by atoms with E-state index in [2.05, 4.69) is 9.97 Å². The van der Waals surface area contributed by atoms with Crippen LogP contribution < -0.4 is 9.47 Å². The molecule has 1 amide bonds. The maximum atomic E-state index is 13.4. The molecule has 4 aromatic rings. The van der Waals surface area contributed by atoms with Crippen LogP contribution in [-0.4, -0.2) is 46.5 Å². The van der Waals surface area contributed by atoms with Crippen molar-refractivity contribution in [2.24, 2.45) is 0 Å². The Kier molecular flexibility index (Phi) is 4.16. The minimum absolute atomic E-state index is 0.0479. The number of para-hydroxylation sites is 2. The van der Waals surface area contributed by atoms with Crippen LogP contribution in [0.4, 0.5) is 0 Å². The fourth-order valence-electron chi connectivity index (χ4n) is 4.21. The number of nitrogens with one attached hydrogen (secondary N) is 2. The number of amides is 1. The van der Waals surface area contributed by atoms with Gasteiger partial charge in [-0.3, -0.25) is 4.79 Å². The summed E-state index contributed by atoms with van der Waals surface area (Å²) in [7, 11) is 3.23. The van der Waals surface area contributed by atoms with E-state index in [-0.39, 0.29) is 11.9 Å². The van der Waals surface area contributed by atoms with E-state index in [0.29, 0.717) is 23.7 Å². The van der Waals surface area contributed by atoms with Gasteiger partial charge in [-0.2, -0.15) is 0 Å². The Morgan fingerprint density at radius 2 is 1.90 bits per heavy atom. The molecule has 7 heteroatoms. The van der Waals surface area contributed by atoms with Crippen LogP contribution in [0.5, 0.6) is 11.5 Å². The topological polar surface area (TPSA) is 83.2 Å². The number of nitrogens with zero attached hydrogens (tertiary/aromatic N) is 2. The van der Waals surface area contributed by atoms with E-state index in [1.807, 2.05) is 47.4 Å². The Morgan fingerprint density at radius 3 is 2.69 bits per heavy atom. The Balaban J connectivity index is 1.52. The summed E-state index contributed by atoms with van der Waals surface area (Å²) >= 11 is 0. The third kappa shape index (κ3) is 2.81. The van der Waals surface area contributed by atoms with Crippen LogP contribution in [0.1, 0.15) is 35.2 Å². The SMILES string of the molecule is COc1ccc(OC)c2[nH]c(C(=O)N3CCC[C@H]3c3nc4ccccc4[nH]3)cc12. The van der Waals surface area contributed by atoms with E-state index >= 15 is 0 Å². The largest absolute Gasteiger partial charge is 0.496 e. The molecule has 0 aliphatic carbocycles. The van der Waals surface area contributed by atoms with Crippen LogP contribution in [0, 0.1) is 0 Å². The van der Waals surface area contributed by atoms with E-state index in [1.54, 1.807) is 14.2 Å². The number of rotatable bonds is 4. The summed E-state index contributed by atoms with van der Waals surface area (Å²) in [6.45, 7) is 0.699. The molecule has 1 atom stereocenters. The average Bonchev–Trinajstić information content (AvgIpc) is 3.49. The highest BCUT2D eigenvalue weighted by Gasteiger charge is 2.33. The molecular formula is C22H22N4O3. The molecule has 0 spiro atoms. The van der Waals surface area contributed by atoms with Gasteiger partial charge in [0.15, 0.2) is 0 Å². The number of methoxy groups -OCH3 is 2. The van der Waals surface area contributed by atoms with Crippen LogP contribution in [0.3, 0.4) is 0 Å². The Hall–Kier alpha value is -3.48. The molecule has 3 heterocycles. The molecule has 29 heavy (non-hydrogen) atoms. The second kappa shape index (κ2) is 6.84. The molecule has 0 bridgehead atoms. The van der Waals surface area contributed by atoms with E-state index in [0.717, 1.165) is 40.6 Å². The molecule has 0 saturated carbocycles. The normalized spacial score (nSPS) is 16.6. The number of aromatic amines is 2. The van der Waals surface area contributed by atoms with Gasteiger partial charge in [0.05, 0.1) is 36.8 Å². The van der Waals surface area contributed by atoms with Crippen LogP contribution in [0.15, 0.2) is 42.5 Å². The molecule has 7 nitrogen and oxygen atoms in total. The zero-order chi connectivity index (χ0) is 20.0. The predicted octanol–water partition coefficient (Wildman–Crippen LogP) is 4.04. The second-order valence-electron chi connectivity index (χ2n) is 7.24. The average molecular weight is 390 g/mol. The van der Waals surface area contributed by atoms with Crippen molar-refractivity contribution in [2.45, 2.75) is 18.9 Å². The van der Waals surface area contributed by atoms with Gasteiger partial charge >= 0.3 is 0 Å². The number of benzene rings is 2. The molecule has 0 radical (unpaired) electrons. The molecule has 1 aliphatic heterocycles. The first-order valence-electron chi connectivity index (χ1n) is 9.69. The van der Waals surface area contributed by atoms with Gasteiger partial charge in [0.2, 0.25) is 0 Å². The van der Waals surface area contributed by atoms with Gasteiger partial charge < -0.3 is 24.3 Å². The fraction of sp³-hybridized carbons (Fsp3) is 0.273. The van der Waals surface area contributed by atoms with E-state index in [9.17, 15) is 4.79 Å². The van der Waals surface area contributed by atoms with Crippen LogP contribution >= 0.6 is 0 Å². The van der Waals surface area contributed by atoms with E-state index < -0.39 is 0 Å². The van der Waals surface area contributed by atoms with Gasteiger partial charge in [0.1, 0.15) is 23.0 Å². The quantitative estimate of drug-likeness (QED) is 0.551. The zero-order valence-corrected chi connectivity index (χ0v) is 16.4. The highest BCUT2D eigenvalue weighted by atomic mass is 16.5. The minimum Gasteiger partial charge on any atom is -0.496 e. The first-order chi connectivity index (χ1) is 14.2. The molecule has 1 aliphatic rings. The maximum absolute atomic E-state index is 13.4. The third-order valence-electron chi connectivity index (χ3n) is 5.62. The van der Waals surface area contributed by atoms with Crippen molar-refractivity contribution >= 4 is 27.8 Å². The summed E-state index contributed by atoms with van der Waals surface area (Å²) < 4.78 is 10.9. The molecule has 1 fully saturated rings. The summed E-state index contributed by atoms with van der Waals surface area (Å²) in [6, 6.07) is 13.4. The fourth-order valence-corrected chi connectivity index (χ4v) is 4.21. The van der Waals surface area contributed by atoms with Crippen molar-refractivity contribution in [3.63, 3.8) is 0 Å². The number of fused-ring (bicyclic) bond motifs is 2. The lowest BCUT2D eigenvalue weighted by molar-refractivity contribution is 0.0725. The number of hydrogen-bond donors (Lipinski definition) is 2. The number of hydrogen-bond acceptors (Lipinski definition) is 4. The molecule has 2 N–H and O–H groups in total. The number of likely N-dealkylation sites (tertiary alicyclic amines) is 1. The van der Waals surface area contributed by atoms with Gasteiger partial charge in [0, 0.05) is 11.9 Å². The molecule has 1 saturated heterocycles. The lowest BCUT2D eigenvalue weighted by atomic mass is 10.2. The van der Waals surface area contributed by atoms with E-state index in [4.69, 9.17) is 14.5 Å². The van der Waals surface area contributed by atoms with Gasteiger partial charge in [-0.1, -0.05) is 12.1 Å². The number of imidazole rings is 1. The monoisotopic (exact) mass is 390 g/mol. The molecule has 2 aromatic carbocycles. The lowest BCUT2D eigenvalue weighted by Crippen LogP contribution is -2.31. The number of aromatic nitrogens is 3. The van der Waals surface area contributed by atoms with Crippen molar-refractivity contribution in [1.82, 2.24) is 19.9 Å². The first kappa shape index (κ1) is 17.6. The summed E-state index contributed by atoms with van der Waals surface area (Å²) in [5.74, 6) is 2.16. The molecule has 2 aromatic heterocycles. The Labute approximate surface area is 167 Å². The maximum Gasteiger partial charge on any atom is 0.270 e. The van der Waals surface area contributed by atoms with Gasteiger partial charge in [-0.15, -0.1) is 0 Å². The highest BCUT2D eigenvalue weighted by Crippen LogP contribution is 2.36. The second-order valence-corrected chi connectivity index (χ2v) is 7.24. The van der Waals surface area contributed by atoms with Crippen molar-refractivity contribution in [2.75, 3.05) is 20.8 Å². The Morgan fingerprint density at radius 1 is 1.10 bits per heavy atom. The van der Waals surface area contributed by atoms with Crippen LogP contribution in [-0.2, 0) is 0 Å². The van der Waals surface area contributed by atoms with Gasteiger partial charge in [0.25, 0.3) is 5.91 Å². The van der Waals surface area contributed by atoms with Crippen molar-refractivity contribution in [3.8, 4) is 11.5 Å². The first-order valence-corrected chi connectivity index (χ1v) is 9.69. The van der Waals surface area contributed by atoms with Crippen molar-refractivity contribution < 1.29 is 14.3 Å². The third-order valence-corrected chi connectivity index (χ3v) is 5.62. The summed E-state index contributed by atoms with van der Waals surface area (Å²) in [4.78, 5) is 26.6. The minimum atomic E-state index is -0.0647. The number of H-pyrrole nitrogens is 2. The molecule has 5 rings (SSSR count). The van der Waals surface area contributed by atoms with E-state index in [1.165, 1.54) is 0 Å². The number of ether oxygens (including phenoxy) is 2. The summed E-state index contributed by atoms with van der Waals surface area (Å²) in [6.07, 6.45) is 1.83. The lowest BCUT2D eigenvalue weighted by Gasteiger charge is -2.22. The molecule has 0 unspecified atom stereocenters. The van der Waals surface area contributed by atoms with Gasteiger partial charge in [-0.05, 0) is 43.2 Å². The summed E-state index contributed by atoms with van der Waals surface area (Å²) in [5.41, 5.74) is 3.18. The smallest absolute Gasteiger partial charge is 0.270 e. The van der Waals surface area contributed by atoms with Crippen LogP contribution in [0.25, 0.3) is 21.9 Å². The Bertz CT molecular complexity index is 1140. The van der Waals surface area contributed by atoms with Gasteiger partial charge in [-0.25, -0.2) is 4.98 Å². The number of carbonyl (C=O) groups excluding carboxylic acids is 1. The predicted molar refractivity (Wildman–Crippen MR) is 111 cm³/mol. The van der Waals surface area contributed by atoms with Crippen molar-refractivity contribution in [3.05, 3.63) is 54.0 Å². The zero-order valence-electron chi connectivity index (χ0n) is 16.4. The standard InChI is InChI=1S/C22H22N4O3/c1-28-18-9-10-19(29-2)20-13(18)12-16(23-20)22(27)26-11-5-8-17(26)21-24-14-6-3-4-7-15(14)25-21/h3-4,6-7,9-10,12,17,23H,5,8,11H2,1-2H3,(H,24,25)/t17-/m0/s1. The molecule has 148 valence electrons. The highest BCUT2D eigenvalue weighted by molar-refractivity contribution is 6.01. The summed E-state index contributed by atoms with van der Waals surface area (Å²) in [5, 5.41) is 0.828. The number of carbonyl (C=O) groups is 1. The van der Waals surface area contributed by atoms with Crippen molar-refractivity contribution in [1.29, 1.82) is 0 Å². The van der Waals surface area contributed by atoms with Crippen LogP contribution in [0.2, 0.25) is 0 Å².